The van der Waals surface area contributed by atoms with Crippen molar-refractivity contribution in [2.45, 2.75) is 45.8 Å². The molecule has 0 aromatic heterocycles. The zero-order valence-corrected chi connectivity index (χ0v) is 11.0. The minimum Gasteiger partial charge on any atom is -0.466 e. The molecule has 1 aliphatic heterocycles. The van der Waals surface area contributed by atoms with E-state index < -0.39 is 0 Å². The van der Waals surface area contributed by atoms with E-state index in [-0.39, 0.29) is 11.4 Å². The Balaban J connectivity index is 1.74. The smallest absolute Gasteiger partial charge is 0.307 e. The molecule has 1 N–H and O–H groups in total. The van der Waals surface area contributed by atoms with Crippen molar-refractivity contribution in [3.63, 3.8) is 0 Å². The highest BCUT2D eigenvalue weighted by Gasteiger charge is 2.58. The molecular weight excluding hydrogens is 218 g/mol. The first kappa shape index (κ1) is 12.8. The van der Waals surface area contributed by atoms with E-state index in [4.69, 9.17) is 9.47 Å². The molecule has 4 nitrogen and oxygen atoms in total. The van der Waals surface area contributed by atoms with Crippen molar-refractivity contribution in [2.75, 3.05) is 19.8 Å². The maximum Gasteiger partial charge on any atom is 0.307 e. The summed E-state index contributed by atoms with van der Waals surface area (Å²) in [5.74, 6) is 0.517. The fourth-order valence-corrected chi connectivity index (χ4v) is 3.30. The highest BCUT2D eigenvalue weighted by Crippen LogP contribution is 2.51. The van der Waals surface area contributed by atoms with E-state index >= 15 is 0 Å². The van der Waals surface area contributed by atoms with Gasteiger partial charge in [-0.1, -0.05) is 13.8 Å². The number of ether oxygens (including phenoxy) is 2. The summed E-state index contributed by atoms with van der Waals surface area (Å²) in [4.78, 5) is 11.2. The van der Waals surface area contributed by atoms with E-state index in [1.807, 2.05) is 6.92 Å². The largest absolute Gasteiger partial charge is 0.466 e. The highest BCUT2D eigenvalue weighted by molar-refractivity contribution is 5.69. The molecule has 0 aromatic rings. The Kier molecular flexibility index (Phi) is 3.73. The predicted octanol–water partition coefficient (Wildman–Crippen LogP) is 1.34. The third-order valence-corrected chi connectivity index (χ3v) is 4.10. The summed E-state index contributed by atoms with van der Waals surface area (Å²) in [6, 6.07) is 0.476. The molecule has 1 heterocycles. The Morgan fingerprint density at radius 3 is 3.00 bits per heavy atom. The van der Waals surface area contributed by atoms with Crippen LogP contribution in [0.1, 0.15) is 33.6 Å². The summed E-state index contributed by atoms with van der Waals surface area (Å²) in [6.45, 7) is 8.36. The molecule has 0 amide bonds. The van der Waals surface area contributed by atoms with Crippen LogP contribution in [-0.4, -0.2) is 37.9 Å². The van der Waals surface area contributed by atoms with Crippen LogP contribution in [0.3, 0.4) is 0 Å². The molecule has 0 radical (unpaired) electrons. The Labute approximate surface area is 103 Å². The number of rotatable bonds is 5. The fourth-order valence-electron chi connectivity index (χ4n) is 3.30. The lowest BCUT2D eigenvalue weighted by molar-refractivity contribution is -0.143. The van der Waals surface area contributed by atoms with Gasteiger partial charge >= 0.3 is 5.97 Å². The van der Waals surface area contributed by atoms with Gasteiger partial charge in [-0.3, -0.25) is 4.79 Å². The van der Waals surface area contributed by atoms with Crippen LogP contribution < -0.4 is 5.32 Å². The van der Waals surface area contributed by atoms with Crippen LogP contribution >= 0.6 is 0 Å². The van der Waals surface area contributed by atoms with Crippen molar-refractivity contribution in [1.29, 1.82) is 0 Å². The average Bonchev–Trinajstić information content (AvgIpc) is 2.71. The van der Waals surface area contributed by atoms with Gasteiger partial charge in [0.25, 0.3) is 0 Å². The van der Waals surface area contributed by atoms with Crippen LogP contribution in [0.15, 0.2) is 0 Å². The summed E-state index contributed by atoms with van der Waals surface area (Å²) in [7, 11) is 0. The molecule has 4 heteroatoms. The van der Waals surface area contributed by atoms with Gasteiger partial charge in [0.05, 0.1) is 19.1 Å². The Hall–Kier alpha value is -0.610. The van der Waals surface area contributed by atoms with E-state index in [1.165, 1.54) is 0 Å². The summed E-state index contributed by atoms with van der Waals surface area (Å²) >= 11 is 0. The first-order chi connectivity index (χ1) is 8.07. The maximum absolute atomic E-state index is 11.2. The number of fused-ring (bicyclic) bond motifs is 1. The molecule has 0 spiro atoms. The topological polar surface area (TPSA) is 47.6 Å². The van der Waals surface area contributed by atoms with Gasteiger partial charge in [-0.25, -0.2) is 0 Å². The van der Waals surface area contributed by atoms with Gasteiger partial charge in [-0.2, -0.15) is 0 Å². The lowest BCUT2D eigenvalue weighted by atomic mass is 9.57. The quantitative estimate of drug-likeness (QED) is 0.738. The molecule has 1 saturated heterocycles. The number of nitrogens with one attached hydrogen (secondary N) is 1. The van der Waals surface area contributed by atoms with Crippen molar-refractivity contribution < 1.29 is 14.3 Å². The molecule has 1 saturated carbocycles. The number of carbonyl (C=O) groups is 1. The number of esters is 1. The van der Waals surface area contributed by atoms with E-state index in [1.54, 1.807) is 0 Å². The van der Waals surface area contributed by atoms with Gasteiger partial charge in [0.15, 0.2) is 0 Å². The molecule has 1 aliphatic carbocycles. The number of hydrogen-bond acceptors (Lipinski definition) is 4. The van der Waals surface area contributed by atoms with Crippen molar-refractivity contribution in [3.8, 4) is 0 Å². The normalized spacial score (nSPS) is 33.9. The van der Waals surface area contributed by atoms with Crippen LogP contribution in [0.25, 0.3) is 0 Å². The number of carbonyl (C=O) groups excluding carboxylic acids is 1. The highest BCUT2D eigenvalue weighted by atomic mass is 16.5. The van der Waals surface area contributed by atoms with Gasteiger partial charge < -0.3 is 14.8 Å². The molecule has 0 aromatic carbocycles. The van der Waals surface area contributed by atoms with E-state index in [0.717, 1.165) is 13.0 Å². The molecule has 3 atom stereocenters. The molecule has 17 heavy (non-hydrogen) atoms. The monoisotopic (exact) mass is 241 g/mol. The lowest BCUT2D eigenvalue weighted by Gasteiger charge is -2.55. The molecular formula is C13H23NO3. The second kappa shape index (κ2) is 4.94. The maximum atomic E-state index is 11.2. The standard InChI is InChI=1S/C13H23NO3/c1-4-16-10(15)5-7-14-11-9-6-8-17-12(9)13(11,2)3/h9,11-12,14H,4-8H2,1-3H3. The van der Waals surface area contributed by atoms with E-state index in [0.29, 0.717) is 37.6 Å². The summed E-state index contributed by atoms with van der Waals surface area (Å²) in [5.41, 5.74) is 0.190. The van der Waals surface area contributed by atoms with Crippen LogP contribution in [0.4, 0.5) is 0 Å². The van der Waals surface area contributed by atoms with Crippen molar-refractivity contribution in [3.05, 3.63) is 0 Å². The minimum atomic E-state index is -0.114. The zero-order chi connectivity index (χ0) is 12.5. The van der Waals surface area contributed by atoms with Gasteiger partial charge in [-0.05, 0) is 13.3 Å². The van der Waals surface area contributed by atoms with Crippen molar-refractivity contribution in [1.82, 2.24) is 5.32 Å². The molecule has 2 rings (SSSR count). The van der Waals surface area contributed by atoms with Crippen molar-refractivity contribution >= 4 is 5.97 Å². The molecule has 2 aliphatic rings. The number of hydrogen-bond donors (Lipinski definition) is 1. The second-order valence-corrected chi connectivity index (χ2v) is 5.55. The van der Waals surface area contributed by atoms with Crippen molar-refractivity contribution in [2.24, 2.45) is 11.3 Å². The van der Waals surface area contributed by atoms with Gasteiger partial charge in [0.1, 0.15) is 0 Å². The average molecular weight is 241 g/mol. The second-order valence-electron chi connectivity index (χ2n) is 5.55. The molecule has 0 bridgehead atoms. The molecule has 2 fully saturated rings. The molecule has 98 valence electrons. The third-order valence-electron chi connectivity index (χ3n) is 4.10. The van der Waals surface area contributed by atoms with Gasteiger partial charge in [0, 0.05) is 30.5 Å². The zero-order valence-electron chi connectivity index (χ0n) is 11.0. The summed E-state index contributed by atoms with van der Waals surface area (Å²) in [5, 5.41) is 3.49. The lowest BCUT2D eigenvalue weighted by Crippen LogP contribution is -2.65. The first-order valence-corrected chi connectivity index (χ1v) is 6.58. The summed E-state index contributed by atoms with van der Waals surface area (Å²) in [6.07, 6.45) is 2.01. The van der Waals surface area contributed by atoms with Crippen LogP contribution in [0.5, 0.6) is 0 Å². The minimum absolute atomic E-state index is 0.114. The van der Waals surface area contributed by atoms with Crippen LogP contribution in [0.2, 0.25) is 0 Å². The van der Waals surface area contributed by atoms with Gasteiger partial charge in [-0.15, -0.1) is 0 Å². The third kappa shape index (κ3) is 2.33. The van der Waals surface area contributed by atoms with Crippen LogP contribution in [0, 0.1) is 11.3 Å². The van der Waals surface area contributed by atoms with E-state index in [2.05, 4.69) is 19.2 Å². The first-order valence-electron chi connectivity index (χ1n) is 6.58. The molecule has 3 unspecified atom stereocenters. The van der Waals surface area contributed by atoms with Gasteiger partial charge in [0.2, 0.25) is 0 Å². The Morgan fingerprint density at radius 2 is 2.29 bits per heavy atom. The predicted molar refractivity (Wildman–Crippen MR) is 64.7 cm³/mol. The SMILES string of the molecule is CCOC(=O)CCNC1C2CCOC2C1(C)C. The summed E-state index contributed by atoms with van der Waals surface area (Å²) < 4.78 is 10.6. The van der Waals surface area contributed by atoms with Crippen LogP contribution in [-0.2, 0) is 14.3 Å². The Bertz CT molecular complexity index is 290. The fraction of sp³-hybridized carbons (Fsp3) is 0.923. The van der Waals surface area contributed by atoms with E-state index in [9.17, 15) is 4.79 Å². The Morgan fingerprint density at radius 1 is 1.53 bits per heavy atom.